The van der Waals surface area contributed by atoms with E-state index in [1.54, 1.807) is 14.8 Å². The standard InChI is InChI=1S/C14H16BF3O5S/c1-2-22-13(19)10-7-11(23-24(20,21)14(16,17)18)8-5-3-4-6-9(8)12(10)15/h7H,2-6,15H2,1H3. The van der Waals surface area contributed by atoms with E-state index >= 15 is 0 Å². The van der Waals surface area contributed by atoms with Gasteiger partial charge < -0.3 is 8.92 Å². The molecule has 2 rings (SSSR count). The van der Waals surface area contributed by atoms with Crippen molar-refractivity contribution < 1.29 is 35.3 Å². The second kappa shape index (κ2) is 6.66. The Morgan fingerprint density at radius 3 is 2.38 bits per heavy atom. The zero-order chi connectivity index (χ0) is 18.1. The minimum absolute atomic E-state index is 0.0184. The van der Waals surface area contributed by atoms with Crippen molar-refractivity contribution in [1.82, 2.24) is 0 Å². The van der Waals surface area contributed by atoms with E-state index < -0.39 is 27.3 Å². The molecule has 0 amide bonds. The lowest BCUT2D eigenvalue weighted by atomic mass is 9.77. The number of carbonyl (C=O) groups excluding carboxylic acids is 1. The van der Waals surface area contributed by atoms with Gasteiger partial charge in [-0.3, -0.25) is 0 Å². The maximum atomic E-state index is 12.6. The van der Waals surface area contributed by atoms with Gasteiger partial charge in [0.1, 0.15) is 13.6 Å². The number of esters is 1. The average molecular weight is 364 g/mol. The predicted octanol–water partition coefficient (Wildman–Crippen LogP) is 1.23. The molecule has 0 saturated carbocycles. The van der Waals surface area contributed by atoms with Crippen molar-refractivity contribution in [2.75, 3.05) is 6.61 Å². The van der Waals surface area contributed by atoms with Gasteiger partial charge in [-0.15, -0.1) is 0 Å². The van der Waals surface area contributed by atoms with Crippen LogP contribution in [0.3, 0.4) is 0 Å². The Bertz CT molecular complexity index is 759. The molecule has 0 atom stereocenters. The molecule has 24 heavy (non-hydrogen) atoms. The number of fused-ring (bicyclic) bond motifs is 1. The van der Waals surface area contributed by atoms with Crippen LogP contribution in [0.25, 0.3) is 0 Å². The van der Waals surface area contributed by atoms with Crippen LogP contribution >= 0.6 is 0 Å². The Hall–Kier alpha value is -1.71. The zero-order valence-corrected chi connectivity index (χ0v) is 14.0. The van der Waals surface area contributed by atoms with Gasteiger partial charge >= 0.3 is 21.6 Å². The fourth-order valence-corrected chi connectivity index (χ4v) is 3.22. The van der Waals surface area contributed by atoms with Gasteiger partial charge in [-0.25, -0.2) is 4.79 Å². The van der Waals surface area contributed by atoms with Gasteiger partial charge in [0.15, 0.2) is 0 Å². The summed E-state index contributed by atoms with van der Waals surface area (Å²) in [6.07, 6.45) is 2.43. The third-order valence-corrected chi connectivity index (χ3v) is 4.84. The van der Waals surface area contributed by atoms with Crippen molar-refractivity contribution in [1.29, 1.82) is 0 Å². The molecule has 0 heterocycles. The summed E-state index contributed by atoms with van der Waals surface area (Å²) in [5.74, 6) is -1.17. The van der Waals surface area contributed by atoms with Crippen LogP contribution in [0, 0.1) is 0 Å². The van der Waals surface area contributed by atoms with Gasteiger partial charge in [-0.2, -0.15) is 21.6 Å². The summed E-state index contributed by atoms with van der Waals surface area (Å²) in [4.78, 5) is 12.0. The molecule has 1 aromatic rings. The summed E-state index contributed by atoms with van der Waals surface area (Å²) in [7, 11) is -4.14. The Kier molecular flexibility index (Phi) is 5.17. The summed E-state index contributed by atoms with van der Waals surface area (Å²) in [6.45, 7) is 1.68. The smallest absolute Gasteiger partial charge is 0.462 e. The van der Waals surface area contributed by atoms with Crippen molar-refractivity contribution >= 4 is 29.4 Å². The molecule has 132 valence electrons. The molecule has 1 aliphatic rings. The third kappa shape index (κ3) is 3.53. The Morgan fingerprint density at radius 1 is 1.25 bits per heavy atom. The van der Waals surface area contributed by atoms with Gasteiger partial charge in [0.2, 0.25) is 0 Å². The molecular weight excluding hydrogens is 348 g/mol. The zero-order valence-electron chi connectivity index (χ0n) is 13.2. The molecule has 1 aromatic carbocycles. The Labute approximate surface area is 138 Å². The fraction of sp³-hybridized carbons (Fsp3) is 0.500. The van der Waals surface area contributed by atoms with E-state index in [2.05, 4.69) is 4.18 Å². The monoisotopic (exact) mass is 364 g/mol. The van der Waals surface area contributed by atoms with Gasteiger partial charge in [-0.1, -0.05) is 5.46 Å². The third-order valence-electron chi connectivity index (χ3n) is 3.88. The second-order valence-corrected chi connectivity index (χ2v) is 6.95. The van der Waals surface area contributed by atoms with Crippen molar-refractivity contribution in [3.8, 4) is 5.75 Å². The van der Waals surface area contributed by atoms with Gasteiger partial charge in [0, 0.05) is 0 Å². The van der Waals surface area contributed by atoms with E-state index in [1.807, 2.05) is 0 Å². The number of hydrogen-bond donors (Lipinski definition) is 0. The molecule has 0 bridgehead atoms. The molecular formula is C14H16BF3O5S. The van der Waals surface area contributed by atoms with Crippen molar-refractivity contribution in [2.24, 2.45) is 0 Å². The molecule has 0 fully saturated rings. The van der Waals surface area contributed by atoms with Crippen molar-refractivity contribution in [3.05, 3.63) is 22.8 Å². The second-order valence-electron chi connectivity index (χ2n) is 5.42. The first kappa shape index (κ1) is 18.6. The summed E-state index contributed by atoms with van der Waals surface area (Å²) < 4.78 is 69.7. The topological polar surface area (TPSA) is 69.7 Å². The molecule has 10 heteroatoms. The van der Waals surface area contributed by atoms with Crippen molar-refractivity contribution in [3.63, 3.8) is 0 Å². The predicted molar refractivity (Wildman–Crippen MR) is 82.8 cm³/mol. The SMILES string of the molecule is Bc1c(C(=O)OCC)cc(OS(=O)(=O)C(F)(F)F)c2c1CCCC2. The van der Waals surface area contributed by atoms with Crippen LogP contribution in [-0.4, -0.2) is 34.3 Å². The highest BCUT2D eigenvalue weighted by molar-refractivity contribution is 7.88. The average Bonchev–Trinajstić information content (AvgIpc) is 2.49. The van der Waals surface area contributed by atoms with Crippen LogP contribution in [-0.2, 0) is 27.7 Å². The number of alkyl halides is 3. The Balaban J connectivity index is 2.58. The normalized spacial score (nSPS) is 14.8. The lowest BCUT2D eigenvalue weighted by Crippen LogP contribution is -2.31. The van der Waals surface area contributed by atoms with E-state index in [-0.39, 0.29) is 12.2 Å². The number of carbonyl (C=O) groups is 1. The largest absolute Gasteiger partial charge is 0.534 e. The lowest BCUT2D eigenvalue weighted by Gasteiger charge is -2.23. The van der Waals surface area contributed by atoms with E-state index in [4.69, 9.17) is 4.74 Å². The molecule has 0 aromatic heterocycles. The maximum absolute atomic E-state index is 12.6. The maximum Gasteiger partial charge on any atom is 0.534 e. The summed E-state index contributed by atoms with van der Waals surface area (Å²) in [5, 5.41) is 0. The van der Waals surface area contributed by atoms with E-state index in [0.717, 1.165) is 12.5 Å². The number of ether oxygens (including phenoxy) is 1. The molecule has 5 nitrogen and oxygen atoms in total. The van der Waals surface area contributed by atoms with Crippen molar-refractivity contribution in [2.45, 2.75) is 38.1 Å². The molecule has 0 unspecified atom stereocenters. The summed E-state index contributed by atoms with van der Waals surface area (Å²) >= 11 is 0. The molecule has 0 N–H and O–H groups in total. The molecule has 1 aliphatic carbocycles. The number of hydrogen-bond acceptors (Lipinski definition) is 5. The molecule has 0 saturated heterocycles. The molecule has 0 aliphatic heterocycles. The number of rotatable bonds is 4. The number of halogens is 3. The first-order valence-electron chi connectivity index (χ1n) is 7.41. The van der Waals surface area contributed by atoms with E-state index in [0.29, 0.717) is 35.9 Å². The Morgan fingerprint density at radius 2 is 1.83 bits per heavy atom. The first-order valence-corrected chi connectivity index (χ1v) is 8.82. The number of benzene rings is 1. The molecule has 0 radical (unpaired) electrons. The van der Waals surface area contributed by atoms with E-state index in [9.17, 15) is 26.4 Å². The lowest BCUT2D eigenvalue weighted by molar-refractivity contribution is -0.0500. The fourth-order valence-electron chi connectivity index (χ4n) is 2.74. The van der Waals surface area contributed by atoms with Crippen LogP contribution < -0.4 is 9.65 Å². The highest BCUT2D eigenvalue weighted by atomic mass is 32.2. The minimum atomic E-state index is -5.80. The molecule has 0 spiro atoms. The summed E-state index contributed by atoms with van der Waals surface area (Å²) in [6, 6.07) is 1.03. The van der Waals surface area contributed by atoms with Crippen LogP contribution in [0.4, 0.5) is 13.2 Å². The minimum Gasteiger partial charge on any atom is -0.462 e. The highest BCUT2D eigenvalue weighted by Gasteiger charge is 2.49. The quantitative estimate of drug-likeness (QED) is 0.348. The van der Waals surface area contributed by atoms with Crippen LogP contribution in [0.15, 0.2) is 6.07 Å². The van der Waals surface area contributed by atoms with Crippen LogP contribution in [0.5, 0.6) is 5.75 Å². The summed E-state index contributed by atoms with van der Waals surface area (Å²) in [5.41, 5.74) is -3.88. The van der Waals surface area contributed by atoms with Gasteiger partial charge in [-0.05, 0) is 49.8 Å². The van der Waals surface area contributed by atoms with Gasteiger partial charge in [0.25, 0.3) is 0 Å². The van der Waals surface area contributed by atoms with Crippen LogP contribution in [0.2, 0.25) is 0 Å². The van der Waals surface area contributed by atoms with Crippen LogP contribution in [0.1, 0.15) is 41.3 Å². The van der Waals surface area contributed by atoms with Gasteiger partial charge in [0.05, 0.1) is 12.2 Å². The highest BCUT2D eigenvalue weighted by Crippen LogP contribution is 2.34. The first-order chi connectivity index (χ1) is 11.1. The van der Waals surface area contributed by atoms with E-state index in [1.165, 1.54) is 0 Å².